The fourth-order valence-electron chi connectivity index (χ4n) is 4.61. The van der Waals surface area contributed by atoms with Gasteiger partial charge in [-0.25, -0.2) is 26.8 Å². The van der Waals surface area contributed by atoms with Gasteiger partial charge in [0.2, 0.25) is 9.84 Å². The first-order chi connectivity index (χ1) is 20.0. The number of aryl methyl sites for hydroxylation is 1. The zero-order valence-corrected chi connectivity index (χ0v) is 25.1. The molecule has 2 aromatic heterocycles. The van der Waals surface area contributed by atoms with E-state index < -0.39 is 19.9 Å². The Labute approximate surface area is 252 Å². The zero-order chi connectivity index (χ0) is 29.6. The van der Waals surface area contributed by atoms with Gasteiger partial charge in [-0.05, 0) is 67.1 Å². The van der Waals surface area contributed by atoms with Crippen LogP contribution in [0, 0.1) is 6.92 Å². The Morgan fingerprint density at radius 1 is 0.738 bits per heavy atom. The Kier molecular flexibility index (Phi) is 7.18. The fraction of sp³-hybridized carbons (Fsp3) is 0.0667. The number of benzene rings is 4. The molecule has 0 bridgehead atoms. The molecular formula is C30H22Cl2N4O4S2. The second-order valence-electron chi connectivity index (χ2n) is 9.62. The van der Waals surface area contributed by atoms with Crippen LogP contribution in [0.5, 0.6) is 0 Å². The molecule has 42 heavy (non-hydrogen) atoms. The lowest BCUT2D eigenvalue weighted by atomic mass is 10.2. The highest BCUT2D eigenvalue weighted by Gasteiger charge is 2.34. The Balaban J connectivity index is 1.70. The van der Waals surface area contributed by atoms with Crippen molar-refractivity contribution in [2.75, 3.05) is 4.72 Å². The average Bonchev–Trinajstić information content (AvgIpc) is 3.25. The number of para-hydroxylation sites is 2. The number of aromatic nitrogens is 3. The highest BCUT2D eigenvalue weighted by Crippen LogP contribution is 2.39. The predicted octanol–water partition coefficient (Wildman–Crippen LogP) is 6.88. The number of sulfone groups is 1. The molecule has 212 valence electrons. The van der Waals surface area contributed by atoms with E-state index in [2.05, 4.69) is 4.72 Å². The molecule has 0 saturated heterocycles. The quantitative estimate of drug-likeness (QED) is 0.204. The van der Waals surface area contributed by atoms with Crippen molar-refractivity contribution in [2.24, 2.45) is 0 Å². The topological polar surface area (TPSA) is 111 Å². The van der Waals surface area contributed by atoms with Crippen LogP contribution in [0.4, 0.5) is 5.82 Å². The summed E-state index contributed by atoms with van der Waals surface area (Å²) in [5, 5.41) is 0.770. The van der Waals surface area contributed by atoms with E-state index in [9.17, 15) is 16.8 Å². The van der Waals surface area contributed by atoms with Crippen LogP contribution in [0.2, 0.25) is 10.0 Å². The van der Waals surface area contributed by atoms with E-state index in [1.165, 1.54) is 41.0 Å². The van der Waals surface area contributed by atoms with Crippen molar-refractivity contribution in [1.29, 1.82) is 0 Å². The van der Waals surface area contributed by atoms with Crippen molar-refractivity contribution in [1.82, 2.24) is 14.5 Å². The number of hydrogen-bond acceptors (Lipinski definition) is 6. The van der Waals surface area contributed by atoms with Crippen molar-refractivity contribution in [2.45, 2.75) is 28.2 Å². The molecule has 6 aromatic rings. The van der Waals surface area contributed by atoms with Crippen LogP contribution in [0.25, 0.3) is 22.2 Å². The molecule has 4 aromatic carbocycles. The van der Waals surface area contributed by atoms with Crippen LogP contribution in [-0.4, -0.2) is 31.4 Å². The molecule has 8 nitrogen and oxygen atoms in total. The van der Waals surface area contributed by atoms with Gasteiger partial charge in [-0.3, -0.25) is 4.72 Å². The lowest BCUT2D eigenvalue weighted by Crippen LogP contribution is -2.18. The van der Waals surface area contributed by atoms with E-state index in [1.54, 1.807) is 60.7 Å². The van der Waals surface area contributed by atoms with Gasteiger partial charge in [-0.15, -0.1) is 0 Å². The smallest absolute Gasteiger partial charge is 0.263 e. The molecule has 12 heteroatoms. The highest BCUT2D eigenvalue weighted by molar-refractivity contribution is 7.93. The van der Waals surface area contributed by atoms with Crippen molar-refractivity contribution in [3.63, 3.8) is 0 Å². The van der Waals surface area contributed by atoms with Gasteiger partial charge in [0, 0.05) is 10.0 Å². The lowest BCUT2D eigenvalue weighted by molar-refractivity contribution is 0.596. The van der Waals surface area contributed by atoms with Gasteiger partial charge >= 0.3 is 0 Å². The molecule has 0 aliphatic rings. The first-order valence-electron chi connectivity index (χ1n) is 12.7. The summed E-state index contributed by atoms with van der Waals surface area (Å²) < 4.78 is 60.2. The maximum absolute atomic E-state index is 14.4. The fourth-order valence-corrected chi connectivity index (χ4v) is 7.62. The summed E-state index contributed by atoms with van der Waals surface area (Å²) in [5.74, 6) is -0.212. The zero-order valence-electron chi connectivity index (χ0n) is 22.0. The van der Waals surface area contributed by atoms with Gasteiger partial charge in [0.1, 0.15) is 16.2 Å². The maximum Gasteiger partial charge on any atom is 0.263 e. The van der Waals surface area contributed by atoms with E-state index in [0.29, 0.717) is 26.6 Å². The van der Waals surface area contributed by atoms with E-state index >= 15 is 0 Å². The molecule has 0 aliphatic heterocycles. The summed E-state index contributed by atoms with van der Waals surface area (Å²) in [6.45, 7) is 1.85. The highest BCUT2D eigenvalue weighted by atomic mass is 35.5. The minimum Gasteiger partial charge on any atom is -0.304 e. The lowest BCUT2D eigenvalue weighted by Gasteiger charge is -2.15. The van der Waals surface area contributed by atoms with Gasteiger partial charge in [-0.1, -0.05) is 71.2 Å². The molecule has 0 amide bonds. The summed E-state index contributed by atoms with van der Waals surface area (Å²) in [6.07, 6.45) is 0. The van der Waals surface area contributed by atoms with Crippen LogP contribution in [-0.2, 0) is 26.4 Å². The molecule has 0 fully saturated rings. The van der Waals surface area contributed by atoms with Crippen molar-refractivity contribution in [3.05, 3.63) is 118 Å². The normalized spacial score (nSPS) is 12.2. The Hall–Kier alpha value is -3.96. The van der Waals surface area contributed by atoms with Crippen molar-refractivity contribution >= 4 is 71.1 Å². The molecule has 2 heterocycles. The van der Waals surface area contributed by atoms with Crippen LogP contribution >= 0.6 is 23.2 Å². The monoisotopic (exact) mass is 636 g/mol. The summed E-state index contributed by atoms with van der Waals surface area (Å²) in [7, 11) is -8.63. The second-order valence-corrected chi connectivity index (χ2v) is 14.0. The molecule has 0 atom stereocenters. The van der Waals surface area contributed by atoms with E-state index in [1.807, 2.05) is 6.92 Å². The largest absolute Gasteiger partial charge is 0.304 e. The molecule has 1 N–H and O–H groups in total. The van der Waals surface area contributed by atoms with E-state index in [-0.39, 0.29) is 38.2 Å². The van der Waals surface area contributed by atoms with E-state index in [0.717, 1.165) is 5.56 Å². The van der Waals surface area contributed by atoms with Gasteiger partial charge in [0.25, 0.3) is 10.0 Å². The summed E-state index contributed by atoms with van der Waals surface area (Å²) >= 11 is 12.5. The number of fused-ring (bicyclic) bond motifs is 2. The minimum atomic E-state index is -4.33. The number of nitrogens with one attached hydrogen (secondary N) is 1. The van der Waals surface area contributed by atoms with Crippen molar-refractivity contribution < 1.29 is 16.8 Å². The molecule has 0 spiro atoms. The molecule has 6 rings (SSSR count). The van der Waals surface area contributed by atoms with Gasteiger partial charge < -0.3 is 4.57 Å². The van der Waals surface area contributed by atoms with Crippen LogP contribution in [0.3, 0.4) is 0 Å². The Morgan fingerprint density at radius 3 is 2.00 bits per heavy atom. The third-order valence-electron chi connectivity index (χ3n) is 6.75. The first-order valence-corrected chi connectivity index (χ1v) is 16.4. The van der Waals surface area contributed by atoms with Crippen molar-refractivity contribution in [3.8, 4) is 0 Å². The third-order valence-corrected chi connectivity index (χ3v) is 10.5. The maximum atomic E-state index is 14.4. The molecule has 0 aliphatic carbocycles. The summed E-state index contributed by atoms with van der Waals surface area (Å²) in [5.41, 5.74) is 2.65. The first kappa shape index (κ1) is 28.2. The number of sulfonamides is 1. The minimum absolute atomic E-state index is 0.00504. The van der Waals surface area contributed by atoms with Gasteiger partial charge in [0.05, 0.1) is 27.4 Å². The Morgan fingerprint density at radius 2 is 1.33 bits per heavy atom. The van der Waals surface area contributed by atoms with Crippen LogP contribution in [0.15, 0.2) is 112 Å². The molecule has 0 saturated carbocycles. The molecular weight excluding hydrogens is 615 g/mol. The number of rotatable bonds is 7. The van der Waals surface area contributed by atoms with Crippen LogP contribution in [0.1, 0.15) is 11.1 Å². The van der Waals surface area contributed by atoms with Gasteiger partial charge in [0.15, 0.2) is 5.65 Å². The molecule has 0 radical (unpaired) electrons. The number of anilines is 1. The SMILES string of the molecule is Cc1ccc(S(=O)(=O)c2c(NS(=O)(=O)c3ccc(Cl)cc3)n(Cc3ccccc3Cl)c3nc4ccccc4nc23)cc1. The Bertz CT molecular complexity index is 2200. The molecule has 0 unspecified atom stereocenters. The van der Waals surface area contributed by atoms with Crippen LogP contribution < -0.4 is 4.72 Å². The summed E-state index contributed by atoms with van der Waals surface area (Å²) in [4.78, 5) is 9.02. The van der Waals surface area contributed by atoms with Gasteiger partial charge in [-0.2, -0.15) is 0 Å². The second kappa shape index (κ2) is 10.7. The number of nitrogens with zero attached hydrogens (tertiary/aromatic N) is 3. The number of halogens is 2. The van der Waals surface area contributed by atoms with E-state index in [4.69, 9.17) is 33.2 Å². The predicted molar refractivity (Wildman–Crippen MR) is 164 cm³/mol. The standard InChI is InChI=1S/C30H22Cl2N4O4S2/c1-19-10-14-22(15-11-19)41(37,38)28-27-29(34-26-9-5-4-8-25(26)33-27)36(18-20-6-2-3-7-24(20)32)30(28)35-42(39,40)23-16-12-21(31)13-17-23/h2-17,35H,18H2,1H3. The number of hydrogen-bond donors (Lipinski definition) is 1. The third kappa shape index (κ3) is 5.11. The average molecular weight is 638 g/mol. The summed E-state index contributed by atoms with van der Waals surface area (Å²) in [6, 6.07) is 25.9.